The normalized spacial score (nSPS) is 17.5. The lowest BCUT2D eigenvalue weighted by Gasteiger charge is -2.26. The first kappa shape index (κ1) is 11.7. The second-order valence-electron chi connectivity index (χ2n) is 4.28. The molecule has 0 fully saturated rings. The Morgan fingerprint density at radius 3 is 2.67 bits per heavy atom. The van der Waals surface area contributed by atoms with Crippen molar-refractivity contribution in [1.29, 1.82) is 0 Å². The Bertz CT molecular complexity index is 317. The van der Waals surface area contributed by atoms with Gasteiger partial charge < -0.3 is 4.74 Å². The van der Waals surface area contributed by atoms with Crippen LogP contribution in [0.15, 0.2) is 11.9 Å². The number of hydrogen-bond donors (Lipinski definition) is 0. The number of imide groups is 1. The highest BCUT2D eigenvalue weighted by atomic mass is 19.1. The predicted molar refractivity (Wildman–Crippen MR) is 51.8 cm³/mol. The minimum absolute atomic E-state index is 0.168. The first-order valence-electron chi connectivity index (χ1n) is 4.72. The molecule has 0 aliphatic carbocycles. The summed E-state index contributed by atoms with van der Waals surface area (Å²) >= 11 is 0. The molecule has 0 saturated heterocycles. The Kier molecular flexibility index (Phi) is 3.12. The highest BCUT2D eigenvalue weighted by molar-refractivity contribution is 6.01. The van der Waals surface area contributed by atoms with E-state index >= 15 is 0 Å². The summed E-state index contributed by atoms with van der Waals surface area (Å²) in [5, 5.41) is 0. The van der Waals surface area contributed by atoms with Crippen molar-refractivity contribution >= 4 is 12.0 Å². The maximum absolute atomic E-state index is 12.9. The van der Waals surface area contributed by atoms with E-state index in [4.69, 9.17) is 4.74 Å². The maximum Gasteiger partial charge on any atom is 0.417 e. The maximum atomic E-state index is 12.9. The molecule has 0 spiro atoms. The van der Waals surface area contributed by atoms with Gasteiger partial charge in [0.05, 0.1) is 0 Å². The number of halogens is 1. The van der Waals surface area contributed by atoms with Crippen LogP contribution in [0, 0.1) is 0 Å². The van der Waals surface area contributed by atoms with Gasteiger partial charge in [-0.25, -0.2) is 14.1 Å². The monoisotopic (exact) mass is 215 g/mol. The van der Waals surface area contributed by atoms with E-state index in [1.807, 2.05) is 0 Å². The summed E-state index contributed by atoms with van der Waals surface area (Å²) in [6.07, 6.45) is 0.704. The van der Waals surface area contributed by atoms with Crippen molar-refractivity contribution in [2.45, 2.75) is 32.8 Å². The van der Waals surface area contributed by atoms with Gasteiger partial charge in [0.25, 0.3) is 5.91 Å². The standard InChI is InChI=1S/C10H14FNO3/c1-10(2,3)15-9(14)12-6-4-5-7(11)8(12)13/h5H,4,6H2,1-3H3. The zero-order chi connectivity index (χ0) is 11.6. The lowest BCUT2D eigenvalue weighted by molar-refractivity contribution is -0.128. The highest BCUT2D eigenvalue weighted by Gasteiger charge is 2.31. The van der Waals surface area contributed by atoms with Gasteiger partial charge in [-0.1, -0.05) is 0 Å². The van der Waals surface area contributed by atoms with Crippen LogP contribution in [0.25, 0.3) is 0 Å². The highest BCUT2D eigenvalue weighted by Crippen LogP contribution is 2.16. The largest absolute Gasteiger partial charge is 0.443 e. The van der Waals surface area contributed by atoms with Crippen LogP contribution in [0.3, 0.4) is 0 Å². The van der Waals surface area contributed by atoms with Crippen LogP contribution in [0.4, 0.5) is 9.18 Å². The van der Waals surface area contributed by atoms with Crippen LogP contribution >= 0.6 is 0 Å². The molecular weight excluding hydrogens is 201 g/mol. The van der Waals surface area contributed by atoms with Crippen LogP contribution in [-0.4, -0.2) is 29.0 Å². The average molecular weight is 215 g/mol. The molecule has 0 aromatic rings. The number of amides is 2. The Labute approximate surface area is 87.7 Å². The average Bonchev–Trinajstić information content (AvgIpc) is 2.06. The third-order valence-electron chi connectivity index (χ3n) is 1.74. The molecule has 0 N–H and O–H groups in total. The van der Waals surface area contributed by atoms with E-state index in [2.05, 4.69) is 0 Å². The number of carbonyl (C=O) groups excluding carboxylic acids is 2. The van der Waals surface area contributed by atoms with Crippen molar-refractivity contribution in [3.8, 4) is 0 Å². The zero-order valence-electron chi connectivity index (χ0n) is 9.04. The molecule has 84 valence electrons. The lowest BCUT2D eigenvalue weighted by Crippen LogP contribution is -2.43. The Balaban J connectivity index is 2.70. The fourth-order valence-corrected chi connectivity index (χ4v) is 1.13. The van der Waals surface area contributed by atoms with Crippen LogP contribution < -0.4 is 0 Å². The van der Waals surface area contributed by atoms with Crippen molar-refractivity contribution in [2.24, 2.45) is 0 Å². The third-order valence-corrected chi connectivity index (χ3v) is 1.74. The number of carbonyl (C=O) groups is 2. The number of rotatable bonds is 0. The minimum Gasteiger partial charge on any atom is -0.443 e. The SMILES string of the molecule is CC(C)(C)OC(=O)N1CCC=C(F)C1=O. The van der Waals surface area contributed by atoms with Crippen LogP contribution in [0.1, 0.15) is 27.2 Å². The molecule has 4 nitrogen and oxygen atoms in total. The molecule has 0 atom stereocenters. The topological polar surface area (TPSA) is 46.6 Å². The van der Waals surface area contributed by atoms with E-state index in [9.17, 15) is 14.0 Å². The Morgan fingerprint density at radius 2 is 2.13 bits per heavy atom. The molecule has 0 radical (unpaired) electrons. The van der Waals surface area contributed by atoms with E-state index in [1.54, 1.807) is 20.8 Å². The van der Waals surface area contributed by atoms with E-state index in [1.165, 1.54) is 6.08 Å². The van der Waals surface area contributed by atoms with Crippen molar-refractivity contribution in [1.82, 2.24) is 4.90 Å². The fourth-order valence-electron chi connectivity index (χ4n) is 1.13. The summed E-state index contributed by atoms with van der Waals surface area (Å²) in [6, 6.07) is 0. The molecule has 1 aliphatic heterocycles. The molecule has 0 aromatic heterocycles. The second-order valence-corrected chi connectivity index (χ2v) is 4.28. The van der Waals surface area contributed by atoms with Gasteiger partial charge in [-0.3, -0.25) is 4.79 Å². The molecule has 1 rings (SSSR count). The van der Waals surface area contributed by atoms with Gasteiger partial charge in [-0.05, 0) is 33.3 Å². The number of ether oxygens (including phenoxy) is 1. The molecule has 0 unspecified atom stereocenters. The summed E-state index contributed by atoms with van der Waals surface area (Å²) in [7, 11) is 0. The van der Waals surface area contributed by atoms with Crippen LogP contribution in [0.5, 0.6) is 0 Å². The predicted octanol–water partition coefficient (Wildman–Crippen LogP) is 2.01. The van der Waals surface area contributed by atoms with Crippen molar-refractivity contribution < 1.29 is 18.7 Å². The van der Waals surface area contributed by atoms with Gasteiger partial charge in [-0.15, -0.1) is 0 Å². The quantitative estimate of drug-likeness (QED) is 0.621. The molecule has 0 bridgehead atoms. The van der Waals surface area contributed by atoms with Crippen LogP contribution in [-0.2, 0) is 9.53 Å². The molecule has 0 aromatic carbocycles. The van der Waals surface area contributed by atoms with Gasteiger partial charge in [0, 0.05) is 6.54 Å². The molecule has 0 saturated carbocycles. The number of nitrogens with zero attached hydrogens (tertiary/aromatic N) is 1. The summed E-state index contributed by atoms with van der Waals surface area (Å²) in [4.78, 5) is 23.5. The van der Waals surface area contributed by atoms with Crippen molar-refractivity contribution in [3.05, 3.63) is 11.9 Å². The van der Waals surface area contributed by atoms with E-state index in [-0.39, 0.29) is 6.54 Å². The Morgan fingerprint density at radius 1 is 1.53 bits per heavy atom. The molecule has 2 amide bonds. The first-order valence-corrected chi connectivity index (χ1v) is 4.72. The summed E-state index contributed by atoms with van der Waals surface area (Å²) in [6.45, 7) is 5.23. The van der Waals surface area contributed by atoms with Crippen LogP contribution in [0.2, 0.25) is 0 Å². The molecule has 15 heavy (non-hydrogen) atoms. The van der Waals surface area contributed by atoms with Crippen molar-refractivity contribution in [3.63, 3.8) is 0 Å². The van der Waals surface area contributed by atoms with Gasteiger partial charge >= 0.3 is 6.09 Å². The first-order chi connectivity index (χ1) is 6.81. The Hall–Kier alpha value is -1.39. The molecular formula is C10H14FNO3. The van der Waals surface area contributed by atoms with Gasteiger partial charge in [0.2, 0.25) is 0 Å². The molecule has 1 aliphatic rings. The second kappa shape index (κ2) is 4.00. The molecule has 1 heterocycles. The minimum atomic E-state index is -0.921. The van der Waals surface area contributed by atoms with E-state index in [0.717, 1.165) is 4.90 Å². The summed E-state index contributed by atoms with van der Waals surface area (Å²) < 4.78 is 17.9. The third kappa shape index (κ3) is 3.04. The summed E-state index contributed by atoms with van der Waals surface area (Å²) in [5.41, 5.74) is -0.686. The van der Waals surface area contributed by atoms with Gasteiger partial charge in [0.15, 0.2) is 5.83 Å². The molecule has 5 heteroatoms. The smallest absolute Gasteiger partial charge is 0.417 e. The van der Waals surface area contributed by atoms with E-state index < -0.39 is 23.4 Å². The van der Waals surface area contributed by atoms with Gasteiger partial charge in [0.1, 0.15) is 5.60 Å². The van der Waals surface area contributed by atoms with Crippen molar-refractivity contribution in [2.75, 3.05) is 6.54 Å². The van der Waals surface area contributed by atoms with E-state index in [0.29, 0.717) is 6.42 Å². The zero-order valence-corrected chi connectivity index (χ0v) is 9.04. The number of hydrogen-bond acceptors (Lipinski definition) is 3. The summed E-state index contributed by atoms with van der Waals surface area (Å²) in [5.74, 6) is -1.82. The van der Waals surface area contributed by atoms with Gasteiger partial charge in [-0.2, -0.15) is 0 Å². The fraction of sp³-hybridized carbons (Fsp3) is 0.600. The lowest BCUT2D eigenvalue weighted by atomic mass is 10.2.